The predicted octanol–water partition coefficient (Wildman–Crippen LogP) is 4.34. The minimum absolute atomic E-state index is 0.0256. The quantitative estimate of drug-likeness (QED) is 0.556. The van der Waals surface area contributed by atoms with Gasteiger partial charge in [-0.15, -0.1) is 0 Å². The zero-order valence-corrected chi connectivity index (χ0v) is 11.7. The lowest BCUT2D eigenvalue weighted by atomic mass is 10.1. The molecule has 0 amide bonds. The molecule has 0 atom stereocenters. The summed E-state index contributed by atoms with van der Waals surface area (Å²) in [5.41, 5.74) is 2.52. The second-order valence-electron chi connectivity index (χ2n) is 4.63. The van der Waals surface area contributed by atoms with Gasteiger partial charge in [-0.3, -0.25) is 10.1 Å². The summed E-state index contributed by atoms with van der Waals surface area (Å²) >= 11 is 5.80. The Kier molecular flexibility index (Phi) is 3.50. The van der Waals surface area contributed by atoms with Crippen LogP contribution in [0.1, 0.15) is 5.56 Å². The van der Waals surface area contributed by atoms with E-state index in [0.717, 1.165) is 16.5 Å². The molecule has 0 aliphatic rings. The number of para-hydroxylation sites is 1. The van der Waals surface area contributed by atoms with E-state index in [1.165, 1.54) is 6.07 Å². The maximum atomic E-state index is 11.0. The van der Waals surface area contributed by atoms with Crippen molar-refractivity contribution in [2.24, 2.45) is 0 Å². The summed E-state index contributed by atoms with van der Waals surface area (Å²) in [5.74, 6) is 0. The first kappa shape index (κ1) is 13.5. The molecule has 0 saturated heterocycles. The van der Waals surface area contributed by atoms with Gasteiger partial charge in [0.25, 0.3) is 5.69 Å². The van der Waals surface area contributed by atoms with E-state index in [9.17, 15) is 10.1 Å². The molecule has 106 valence electrons. The van der Waals surface area contributed by atoms with Crippen molar-refractivity contribution in [2.45, 2.75) is 6.54 Å². The van der Waals surface area contributed by atoms with Gasteiger partial charge in [0.2, 0.25) is 0 Å². The molecule has 0 fully saturated rings. The summed E-state index contributed by atoms with van der Waals surface area (Å²) in [4.78, 5) is 13.8. The average Bonchev–Trinajstić information content (AvgIpc) is 2.89. The van der Waals surface area contributed by atoms with E-state index in [2.05, 4.69) is 10.3 Å². The highest BCUT2D eigenvalue weighted by molar-refractivity contribution is 6.30. The number of rotatable bonds is 4. The molecule has 0 unspecified atom stereocenters. The van der Waals surface area contributed by atoms with Crippen LogP contribution in [0.5, 0.6) is 0 Å². The zero-order valence-electron chi connectivity index (χ0n) is 11.0. The van der Waals surface area contributed by atoms with Crippen molar-refractivity contribution >= 4 is 33.9 Å². The molecule has 1 heterocycles. The maximum absolute atomic E-state index is 11.0. The number of anilines is 1. The number of aromatic nitrogens is 1. The third kappa shape index (κ3) is 2.68. The Labute approximate surface area is 125 Å². The van der Waals surface area contributed by atoms with Gasteiger partial charge in [-0.25, -0.2) is 0 Å². The van der Waals surface area contributed by atoms with Gasteiger partial charge in [-0.05, 0) is 23.8 Å². The highest BCUT2D eigenvalue weighted by Crippen LogP contribution is 2.28. The van der Waals surface area contributed by atoms with E-state index < -0.39 is 4.92 Å². The van der Waals surface area contributed by atoms with Crippen molar-refractivity contribution < 1.29 is 4.92 Å². The zero-order chi connectivity index (χ0) is 14.8. The van der Waals surface area contributed by atoms with E-state index >= 15 is 0 Å². The minimum Gasteiger partial charge on any atom is -0.375 e. The van der Waals surface area contributed by atoms with Crippen LogP contribution >= 0.6 is 11.6 Å². The summed E-state index contributed by atoms with van der Waals surface area (Å²) in [7, 11) is 0. The smallest absolute Gasteiger partial charge is 0.293 e. The SMILES string of the molecule is O=[N+]([O-])c1cc(Cl)ccc1NCc1c[nH]c2ccccc12. The molecule has 2 N–H and O–H groups in total. The molecule has 0 bridgehead atoms. The normalized spacial score (nSPS) is 10.7. The van der Waals surface area contributed by atoms with Crippen LogP contribution in [0.3, 0.4) is 0 Å². The fraction of sp³-hybridized carbons (Fsp3) is 0.0667. The van der Waals surface area contributed by atoms with Crippen molar-refractivity contribution in [1.82, 2.24) is 4.98 Å². The first-order valence-electron chi connectivity index (χ1n) is 6.38. The van der Waals surface area contributed by atoms with E-state index in [-0.39, 0.29) is 5.69 Å². The first-order valence-corrected chi connectivity index (χ1v) is 6.76. The highest BCUT2D eigenvalue weighted by atomic mass is 35.5. The first-order chi connectivity index (χ1) is 10.1. The maximum Gasteiger partial charge on any atom is 0.293 e. The molecule has 2 aromatic carbocycles. The molecule has 0 aliphatic carbocycles. The van der Waals surface area contributed by atoms with Gasteiger partial charge in [-0.2, -0.15) is 0 Å². The van der Waals surface area contributed by atoms with Crippen LogP contribution < -0.4 is 5.32 Å². The van der Waals surface area contributed by atoms with Gasteiger partial charge < -0.3 is 10.3 Å². The third-order valence-electron chi connectivity index (χ3n) is 3.30. The van der Waals surface area contributed by atoms with Crippen LogP contribution in [-0.2, 0) is 6.54 Å². The molecule has 3 rings (SSSR count). The van der Waals surface area contributed by atoms with Crippen molar-refractivity contribution in [3.63, 3.8) is 0 Å². The number of nitrogens with one attached hydrogen (secondary N) is 2. The van der Waals surface area contributed by atoms with Crippen molar-refractivity contribution in [1.29, 1.82) is 0 Å². The number of nitrogens with zero attached hydrogens (tertiary/aromatic N) is 1. The second kappa shape index (κ2) is 5.46. The fourth-order valence-electron chi connectivity index (χ4n) is 2.27. The number of aromatic amines is 1. The Hall–Kier alpha value is -2.53. The van der Waals surface area contributed by atoms with Crippen molar-refractivity contribution in [2.75, 3.05) is 5.32 Å². The van der Waals surface area contributed by atoms with E-state index in [1.807, 2.05) is 30.5 Å². The summed E-state index contributed by atoms with van der Waals surface area (Å²) in [6.07, 6.45) is 1.90. The summed E-state index contributed by atoms with van der Waals surface area (Å²) in [6.45, 7) is 0.493. The molecular formula is C15H12ClN3O2. The van der Waals surface area contributed by atoms with Gasteiger partial charge in [0, 0.05) is 34.7 Å². The van der Waals surface area contributed by atoms with Gasteiger partial charge in [0.05, 0.1) is 4.92 Å². The Morgan fingerprint density at radius 2 is 2.05 bits per heavy atom. The molecule has 0 aliphatic heterocycles. The largest absolute Gasteiger partial charge is 0.375 e. The molecule has 5 nitrogen and oxygen atoms in total. The highest BCUT2D eigenvalue weighted by Gasteiger charge is 2.14. The molecule has 21 heavy (non-hydrogen) atoms. The van der Waals surface area contributed by atoms with Crippen LogP contribution in [0.25, 0.3) is 10.9 Å². The monoisotopic (exact) mass is 301 g/mol. The van der Waals surface area contributed by atoms with Crippen LogP contribution in [-0.4, -0.2) is 9.91 Å². The van der Waals surface area contributed by atoms with Crippen molar-refractivity contribution in [3.8, 4) is 0 Å². The third-order valence-corrected chi connectivity index (χ3v) is 3.54. The Balaban J connectivity index is 1.87. The number of halogens is 1. The standard InChI is InChI=1S/C15H12ClN3O2/c16-11-5-6-14(15(7-11)19(20)21)18-9-10-8-17-13-4-2-1-3-12(10)13/h1-8,17-18H,9H2. The molecule has 1 aromatic heterocycles. The lowest BCUT2D eigenvalue weighted by Gasteiger charge is -2.06. The summed E-state index contributed by atoms with van der Waals surface area (Å²) < 4.78 is 0. The number of H-pyrrole nitrogens is 1. The predicted molar refractivity (Wildman–Crippen MR) is 83.7 cm³/mol. The molecule has 3 aromatic rings. The van der Waals surface area contributed by atoms with E-state index in [0.29, 0.717) is 17.3 Å². The second-order valence-corrected chi connectivity index (χ2v) is 5.07. The molecule has 6 heteroatoms. The number of fused-ring (bicyclic) bond motifs is 1. The van der Waals surface area contributed by atoms with Crippen molar-refractivity contribution in [3.05, 3.63) is 69.4 Å². The van der Waals surface area contributed by atoms with E-state index in [1.54, 1.807) is 12.1 Å². The van der Waals surface area contributed by atoms with Crippen LogP contribution in [0.2, 0.25) is 5.02 Å². The number of hydrogen-bond donors (Lipinski definition) is 2. The fourth-order valence-corrected chi connectivity index (χ4v) is 2.44. The lowest BCUT2D eigenvalue weighted by molar-refractivity contribution is -0.383. The summed E-state index contributed by atoms with van der Waals surface area (Å²) in [6, 6.07) is 12.5. The summed E-state index contributed by atoms with van der Waals surface area (Å²) in [5, 5.41) is 15.6. The average molecular weight is 302 g/mol. The van der Waals surface area contributed by atoms with Gasteiger partial charge >= 0.3 is 0 Å². The number of nitro benzene ring substituents is 1. The number of nitro groups is 1. The lowest BCUT2D eigenvalue weighted by Crippen LogP contribution is -2.02. The Bertz CT molecular complexity index is 814. The van der Waals surface area contributed by atoms with Crippen LogP contribution in [0.15, 0.2) is 48.7 Å². The Morgan fingerprint density at radius 3 is 2.86 bits per heavy atom. The molecular weight excluding hydrogens is 290 g/mol. The van der Waals surface area contributed by atoms with Crippen LogP contribution in [0.4, 0.5) is 11.4 Å². The number of benzene rings is 2. The molecule has 0 saturated carbocycles. The Morgan fingerprint density at radius 1 is 1.24 bits per heavy atom. The number of hydrogen-bond acceptors (Lipinski definition) is 3. The molecule has 0 radical (unpaired) electrons. The topological polar surface area (TPSA) is 71.0 Å². The minimum atomic E-state index is -0.441. The van der Waals surface area contributed by atoms with E-state index in [4.69, 9.17) is 11.6 Å². The van der Waals surface area contributed by atoms with Gasteiger partial charge in [0.15, 0.2) is 0 Å². The molecule has 0 spiro atoms. The van der Waals surface area contributed by atoms with Gasteiger partial charge in [-0.1, -0.05) is 29.8 Å². The van der Waals surface area contributed by atoms with Crippen LogP contribution in [0, 0.1) is 10.1 Å². The van der Waals surface area contributed by atoms with Gasteiger partial charge in [0.1, 0.15) is 5.69 Å².